The lowest BCUT2D eigenvalue weighted by Gasteiger charge is -2.66. The number of hydrogen-bond acceptors (Lipinski definition) is 8. The summed E-state index contributed by atoms with van der Waals surface area (Å²) in [5.41, 5.74) is 0.967. The Balaban J connectivity index is 1.46. The van der Waals surface area contributed by atoms with Gasteiger partial charge < -0.3 is 23.8 Å². The second-order valence-corrected chi connectivity index (χ2v) is 13.2. The minimum atomic E-state index is -3.87. The molecule has 0 N–H and O–H groups in total. The summed E-state index contributed by atoms with van der Waals surface area (Å²) < 4.78 is 53.8. The first kappa shape index (κ1) is 23.5. The third-order valence-electron chi connectivity index (χ3n) is 9.88. The lowest BCUT2D eigenvalue weighted by molar-refractivity contribution is -0.236. The smallest absolute Gasteiger partial charge is 0.205 e. The molecule has 2 spiro atoms. The SMILES string of the molecule is COc1ccc2c3c1O[C@H]1[C@]4(CC[C@@]5(OC)[C@H](C2)N(C)CC[C@]315)OC=N[C@H]4S(=O)(=O)c1ccc(C)cc1. The second-order valence-electron chi connectivity index (χ2n) is 11.2. The van der Waals surface area contributed by atoms with Crippen molar-refractivity contribution in [3.05, 3.63) is 53.1 Å². The van der Waals surface area contributed by atoms with Gasteiger partial charge in [0.1, 0.15) is 0 Å². The molecule has 2 aliphatic carbocycles. The highest BCUT2D eigenvalue weighted by atomic mass is 32.2. The summed E-state index contributed by atoms with van der Waals surface area (Å²) in [6.07, 6.45) is 3.39. The number of hydrogen-bond donors (Lipinski definition) is 0. The molecule has 0 unspecified atom stereocenters. The number of aryl methyl sites for hydroxylation is 1. The molecule has 7 rings (SSSR count). The zero-order valence-corrected chi connectivity index (χ0v) is 22.4. The number of piperidine rings is 1. The topological polar surface area (TPSA) is 86.7 Å². The summed E-state index contributed by atoms with van der Waals surface area (Å²) >= 11 is 0. The number of aliphatic imine (C=N–C) groups is 1. The summed E-state index contributed by atoms with van der Waals surface area (Å²) in [6.45, 7) is 2.78. The third-order valence-corrected chi connectivity index (χ3v) is 11.9. The number of benzene rings is 2. The van der Waals surface area contributed by atoms with Crippen molar-refractivity contribution in [3.8, 4) is 11.5 Å². The number of fused-ring (bicyclic) bond motifs is 1. The molecule has 2 aromatic carbocycles. The molecule has 37 heavy (non-hydrogen) atoms. The molecular formula is C28H32N2O6S. The van der Waals surface area contributed by atoms with Crippen LogP contribution in [0.15, 0.2) is 46.3 Å². The summed E-state index contributed by atoms with van der Waals surface area (Å²) in [4.78, 5) is 7.11. The minimum Gasteiger partial charge on any atom is -0.493 e. The molecule has 0 amide bonds. The Morgan fingerprint density at radius 3 is 2.59 bits per heavy atom. The zero-order valence-electron chi connectivity index (χ0n) is 21.6. The molecule has 1 saturated heterocycles. The van der Waals surface area contributed by atoms with Gasteiger partial charge in [-0.15, -0.1) is 0 Å². The van der Waals surface area contributed by atoms with Gasteiger partial charge in [-0.3, -0.25) is 0 Å². The van der Waals surface area contributed by atoms with Crippen molar-refractivity contribution in [1.29, 1.82) is 0 Å². The maximum atomic E-state index is 14.1. The quantitative estimate of drug-likeness (QED) is 0.608. The number of nitrogens with zero attached hydrogens (tertiary/aromatic N) is 2. The van der Waals surface area contributed by atoms with Crippen molar-refractivity contribution in [1.82, 2.24) is 4.90 Å². The summed E-state index contributed by atoms with van der Waals surface area (Å²) in [6, 6.07) is 11.2. The molecule has 2 bridgehead atoms. The maximum absolute atomic E-state index is 14.1. The van der Waals surface area contributed by atoms with Crippen LogP contribution < -0.4 is 9.47 Å². The Morgan fingerprint density at radius 2 is 1.86 bits per heavy atom. The standard InChI is InChI=1S/C28H32N2O6S/c1-17-5-8-19(9-6-17)37(31,32)25-27(35-16-29-25)11-12-28(34-4)21-15-18-7-10-20(33-3)23-22(18)26(28,24(27)36-23)13-14-30(21)2/h5-10,16,21,24-25H,11-15H2,1-4H3/t21-,24+,25-,26-,27-,28+/m0/s1. The Kier molecular flexibility index (Phi) is 4.75. The Bertz CT molecular complexity index is 1420. The van der Waals surface area contributed by atoms with E-state index >= 15 is 0 Å². The molecule has 5 aliphatic rings. The van der Waals surface area contributed by atoms with Gasteiger partial charge in [0.05, 0.1) is 23.0 Å². The fraction of sp³-hybridized carbons (Fsp3) is 0.536. The van der Waals surface area contributed by atoms with E-state index in [1.54, 1.807) is 26.4 Å². The molecule has 2 fully saturated rings. The minimum absolute atomic E-state index is 0.135. The molecule has 9 heteroatoms. The predicted molar refractivity (Wildman–Crippen MR) is 137 cm³/mol. The average molecular weight is 525 g/mol. The summed E-state index contributed by atoms with van der Waals surface area (Å²) in [7, 11) is 1.72. The summed E-state index contributed by atoms with van der Waals surface area (Å²) in [5, 5.41) is -1.12. The van der Waals surface area contributed by atoms with Crippen LogP contribution in [0.2, 0.25) is 0 Å². The van der Waals surface area contributed by atoms with Crippen LogP contribution in [0.1, 0.15) is 36.0 Å². The van der Waals surface area contributed by atoms with E-state index < -0.39 is 37.9 Å². The molecule has 8 nitrogen and oxygen atoms in total. The van der Waals surface area contributed by atoms with E-state index in [2.05, 4.69) is 23.0 Å². The number of rotatable bonds is 4. The van der Waals surface area contributed by atoms with Crippen LogP contribution in [0.3, 0.4) is 0 Å². The maximum Gasteiger partial charge on any atom is 0.205 e. The molecule has 2 aromatic rings. The van der Waals surface area contributed by atoms with Gasteiger partial charge >= 0.3 is 0 Å². The van der Waals surface area contributed by atoms with E-state index in [9.17, 15) is 8.42 Å². The Hall–Kier alpha value is -2.62. The molecule has 0 radical (unpaired) electrons. The van der Waals surface area contributed by atoms with Crippen molar-refractivity contribution in [2.75, 3.05) is 27.8 Å². The van der Waals surface area contributed by atoms with Crippen LogP contribution in [-0.4, -0.2) is 76.3 Å². The van der Waals surface area contributed by atoms with E-state index in [0.29, 0.717) is 24.3 Å². The lowest BCUT2D eigenvalue weighted by Crippen LogP contribution is -2.80. The average Bonchev–Trinajstić information content (AvgIpc) is 3.48. The van der Waals surface area contributed by atoms with Crippen LogP contribution in [0.4, 0.5) is 0 Å². The van der Waals surface area contributed by atoms with Crippen LogP contribution in [0.5, 0.6) is 11.5 Å². The van der Waals surface area contributed by atoms with Gasteiger partial charge in [-0.2, -0.15) is 0 Å². The van der Waals surface area contributed by atoms with E-state index in [1.165, 1.54) is 12.0 Å². The van der Waals surface area contributed by atoms with Crippen LogP contribution in [-0.2, 0) is 31.1 Å². The zero-order chi connectivity index (χ0) is 25.8. The van der Waals surface area contributed by atoms with Gasteiger partial charge in [-0.05, 0) is 70.0 Å². The van der Waals surface area contributed by atoms with E-state index in [1.807, 2.05) is 25.1 Å². The van der Waals surface area contributed by atoms with E-state index in [-0.39, 0.29) is 10.9 Å². The van der Waals surface area contributed by atoms with Gasteiger partial charge in [0, 0.05) is 18.7 Å². The Labute approximate surface area is 217 Å². The van der Waals surface area contributed by atoms with Crippen LogP contribution in [0, 0.1) is 6.92 Å². The fourth-order valence-electron chi connectivity index (χ4n) is 8.26. The molecule has 3 aliphatic heterocycles. The largest absolute Gasteiger partial charge is 0.493 e. The van der Waals surface area contributed by atoms with E-state index in [0.717, 1.165) is 30.5 Å². The third kappa shape index (κ3) is 2.60. The normalized spacial score (nSPS) is 37.2. The van der Waals surface area contributed by atoms with Crippen molar-refractivity contribution < 1.29 is 27.4 Å². The van der Waals surface area contributed by atoms with Gasteiger partial charge in [-0.1, -0.05) is 23.8 Å². The molecule has 3 heterocycles. The highest BCUT2D eigenvalue weighted by molar-refractivity contribution is 7.92. The number of methoxy groups -OCH3 is 2. The number of ether oxygens (including phenoxy) is 4. The summed E-state index contributed by atoms with van der Waals surface area (Å²) in [5.74, 6) is 1.34. The lowest BCUT2D eigenvalue weighted by atomic mass is 9.46. The van der Waals surface area contributed by atoms with Gasteiger partial charge in [0.15, 0.2) is 29.6 Å². The number of sulfone groups is 1. The van der Waals surface area contributed by atoms with Gasteiger partial charge in [0.25, 0.3) is 0 Å². The first-order valence-electron chi connectivity index (χ1n) is 12.9. The fourth-order valence-corrected chi connectivity index (χ4v) is 10.1. The number of likely N-dealkylation sites (tertiary alicyclic amines) is 1. The monoisotopic (exact) mass is 524 g/mol. The molecule has 196 valence electrons. The van der Waals surface area contributed by atoms with Crippen molar-refractivity contribution >= 4 is 16.2 Å². The highest BCUT2D eigenvalue weighted by Crippen LogP contribution is 2.69. The van der Waals surface area contributed by atoms with Crippen molar-refractivity contribution in [2.45, 2.75) is 71.6 Å². The van der Waals surface area contributed by atoms with Crippen LogP contribution in [0.25, 0.3) is 0 Å². The first-order valence-corrected chi connectivity index (χ1v) is 14.4. The molecule has 6 atom stereocenters. The van der Waals surface area contributed by atoms with Gasteiger partial charge in [-0.25, -0.2) is 13.4 Å². The van der Waals surface area contributed by atoms with Crippen molar-refractivity contribution in [2.24, 2.45) is 4.99 Å². The van der Waals surface area contributed by atoms with Gasteiger partial charge in [0.2, 0.25) is 15.2 Å². The second kappa shape index (κ2) is 7.48. The molecule has 1 saturated carbocycles. The van der Waals surface area contributed by atoms with Crippen LogP contribution >= 0.6 is 0 Å². The molecule has 0 aromatic heterocycles. The first-order chi connectivity index (χ1) is 17.7. The number of likely N-dealkylation sites (N-methyl/N-ethyl adjacent to an activating group) is 1. The Morgan fingerprint density at radius 1 is 1.08 bits per heavy atom. The molecular weight excluding hydrogens is 492 g/mol. The van der Waals surface area contributed by atoms with Crippen molar-refractivity contribution in [3.63, 3.8) is 0 Å². The predicted octanol–water partition coefficient (Wildman–Crippen LogP) is 3.04. The van der Waals surface area contributed by atoms with E-state index in [4.69, 9.17) is 18.9 Å². The highest BCUT2D eigenvalue weighted by Gasteiger charge is 2.79.